The van der Waals surface area contributed by atoms with Gasteiger partial charge in [0.1, 0.15) is 0 Å². The largest absolute Gasteiger partial charge is 0.416 e. The van der Waals surface area contributed by atoms with Gasteiger partial charge in [0.2, 0.25) is 21.1 Å². The van der Waals surface area contributed by atoms with E-state index in [0.29, 0.717) is 18.7 Å². The third-order valence-electron chi connectivity index (χ3n) is 5.23. The Bertz CT molecular complexity index is 1320. The van der Waals surface area contributed by atoms with Crippen LogP contribution in [0.5, 0.6) is 0 Å². The van der Waals surface area contributed by atoms with Gasteiger partial charge in [0.25, 0.3) is 0 Å². The molecule has 0 saturated carbocycles. The number of nitrogens with two attached hydrogens (primary N) is 1. The number of rotatable bonds is 9. The molecule has 3 rings (SSSR count). The van der Waals surface area contributed by atoms with E-state index in [1.54, 1.807) is 32.9 Å². The van der Waals surface area contributed by atoms with E-state index >= 15 is 0 Å². The molecule has 3 N–H and O–H groups in total. The van der Waals surface area contributed by atoms with E-state index < -0.39 is 32.9 Å². The lowest BCUT2D eigenvalue weighted by molar-refractivity contribution is -0.137. The van der Waals surface area contributed by atoms with Crippen LogP contribution in [0.4, 0.5) is 18.9 Å². The second-order valence-corrected chi connectivity index (χ2v) is 10.9. The molecule has 9 nitrogen and oxygen atoms in total. The van der Waals surface area contributed by atoms with Gasteiger partial charge in [0, 0.05) is 24.3 Å². The van der Waals surface area contributed by atoms with Crippen molar-refractivity contribution in [2.75, 3.05) is 24.2 Å². The van der Waals surface area contributed by atoms with E-state index in [4.69, 9.17) is 5.84 Å². The van der Waals surface area contributed by atoms with Gasteiger partial charge in [-0.25, -0.2) is 13.1 Å². The Kier molecular flexibility index (Phi) is 8.31. The topological polar surface area (TPSA) is 123 Å². The molecular formula is C22H25F3N6O3S2. The van der Waals surface area contributed by atoms with E-state index in [2.05, 4.69) is 15.5 Å². The highest BCUT2D eigenvalue weighted by Gasteiger charge is 2.30. The Morgan fingerprint density at radius 3 is 2.36 bits per heavy atom. The summed E-state index contributed by atoms with van der Waals surface area (Å²) in [6.45, 7) is 5.72. The summed E-state index contributed by atoms with van der Waals surface area (Å²) < 4.78 is 66.3. The van der Waals surface area contributed by atoms with Crippen LogP contribution in [0.25, 0.3) is 11.4 Å². The number of carbonyl (C=O) groups is 1. The molecular weight excluding hydrogens is 517 g/mol. The molecule has 0 bridgehead atoms. The van der Waals surface area contributed by atoms with Crippen molar-refractivity contribution in [3.8, 4) is 11.4 Å². The molecule has 0 aliphatic rings. The molecule has 14 heteroatoms. The molecule has 194 valence electrons. The van der Waals surface area contributed by atoms with Crippen molar-refractivity contribution in [1.29, 1.82) is 0 Å². The number of sulfonamides is 1. The van der Waals surface area contributed by atoms with Crippen molar-refractivity contribution in [2.45, 2.75) is 42.2 Å². The van der Waals surface area contributed by atoms with Gasteiger partial charge in [-0.3, -0.25) is 4.79 Å². The number of nitrogens with zero attached hydrogens (tertiary/aromatic N) is 4. The fourth-order valence-corrected chi connectivity index (χ4v) is 5.54. The number of aromatic nitrogens is 3. The normalized spacial score (nSPS) is 13.1. The second kappa shape index (κ2) is 10.9. The van der Waals surface area contributed by atoms with Gasteiger partial charge in [-0.2, -0.15) is 17.5 Å². The molecule has 0 aliphatic carbocycles. The zero-order chi connectivity index (χ0) is 26.7. The predicted molar refractivity (Wildman–Crippen MR) is 131 cm³/mol. The van der Waals surface area contributed by atoms with Gasteiger partial charge in [-0.05, 0) is 43.3 Å². The van der Waals surface area contributed by atoms with Crippen molar-refractivity contribution in [1.82, 2.24) is 19.2 Å². The van der Waals surface area contributed by atoms with Crippen LogP contribution in [0.3, 0.4) is 0 Å². The van der Waals surface area contributed by atoms with Gasteiger partial charge in [0.15, 0.2) is 5.82 Å². The summed E-state index contributed by atoms with van der Waals surface area (Å²) in [5, 5.41) is 10.1. The third-order valence-corrected chi connectivity index (χ3v) is 8.33. The summed E-state index contributed by atoms with van der Waals surface area (Å²) in [6.07, 6.45) is -4.47. The van der Waals surface area contributed by atoms with Gasteiger partial charge >= 0.3 is 6.18 Å². The Balaban J connectivity index is 1.74. The number of anilines is 1. The van der Waals surface area contributed by atoms with Gasteiger partial charge in [0.05, 0.1) is 15.7 Å². The second-order valence-electron chi connectivity index (χ2n) is 7.62. The van der Waals surface area contributed by atoms with Crippen molar-refractivity contribution < 1.29 is 26.4 Å². The van der Waals surface area contributed by atoms with Crippen LogP contribution in [-0.2, 0) is 21.0 Å². The maximum atomic E-state index is 12.9. The molecule has 1 atom stereocenters. The first-order valence-corrected chi connectivity index (χ1v) is 13.2. The minimum Gasteiger partial charge on any atom is -0.335 e. The monoisotopic (exact) mass is 542 g/mol. The number of nitrogen functional groups attached to an aromatic ring is 1. The molecule has 36 heavy (non-hydrogen) atoms. The number of alkyl halides is 3. The summed E-state index contributed by atoms with van der Waals surface area (Å²) in [5.41, 5.74) is -0.186. The Morgan fingerprint density at radius 1 is 1.14 bits per heavy atom. The Morgan fingerprint density at radius 2 is 1.78 bits per heavy atom. The fourth-order valence-electron chi connectivity index (χ4n) is 3.26. The maximum absolute atomic E-state index is 12.9. The van der Waals surface area contributed by atoms with Crippen LogP contribution in [0.1, 0.15) is 26.3 Å². The number of nitrogens with one attached hydrogen (secondary N) is 1. The predicted octanol–water partition coefficient (Wildman–Crippen LogP) is 3.83. The SMILES string of the molecule is CCN(CC)S(=O)(=O)c1cccc(-c2nnc(S[C@@H](C)C(=O)Nc3ccc(C(F)(F)F)cc3)n2N)c1. The molecule has 1 amide bonds. The molecule has 1 heterocycles. The number of thioether (sulfide) groups is 1. The molecule has 2 aromatic carbocycles. The summed E-state index contributed by atoms with van der Waals surface area (Å²) in [5.74, 6) is 5.86. The first kappa shape index (κ1) is 27.5. The highest BCUT2D eigenvalue weighted by atomic mass is 32.2. The number of carbonyl (C=O) groups excluding carboxylic acids is 1. The van der Waals surface area contributed by atoms with E-state index in [0.717, 1.165) is 28.6 Å². The summed E-state index contributed by atoms with van der Waals surface area (Å²) in [7, 11) is -3.69. The lowest BCUT2D eigenvalue weighted by Gasteiger charge is -2.18. The van der Waals surface area contributed by atoms with Crippen LogP contribution >= 0.6 is 11.8 Å². The minimum absolute atomic E-state index is 0.0881. The smallest absolute Gasteiger partial charge is 0.335 e. The molecule has 0 spiro atoms. The van der Waals surface area contributed by atoms with Crippen LogP contribution in [0.2, 0.25) is 0 Å². The quantitative estimate of drug-likeness (QED) is 0.311. The zero-order valence-corrected chi connectivity index (χ0v) is 21.3. The average Bonchev–Trinajstić information content (AvgIpc) is 3.19. The molecule has 1 aromatic heterocycles. The highest BCUT2D eigenvalue weighted by Crippen LogP contribution is 2.30. The number of hydrogen-bond acceptors (Lipinski definition) is 7. The van der Waals surface area contributed by atoms with E-state index in [-0.39, 0.29) is 21.6 Å². The third kappa shape index (κ3) is 5.99. The average molecular weight is 543 g/mol. The number of benzene rings is 2. The van der Waals surface area contributed by atoms with Crippen molar-refractivity contribution in [2.24, 2.45) is 0 Å². The number of hydrogen-bond donors (Lipinski definition) is 2. The lowest BCUT2D eigenvalue weighted by atomic mass is 10.2. The lowest BCUT2D eigenvalue weighted by Crippen LogP contribution is -2.30. The highest BCUT2D eigenvalue weighted by molar-refractivity contribution is 8.00. The summed E-state index contributed by atoms with van der Waals surface area (Å²) >= 11 is 0.988. The first-order valence-electron chi connectivity index (χ1n) is 10.8. The van der Waals surface area contributed by atoms with Gasteiger partial charge < -0.3 is 11.2 Å². The minimum atomic E-state index is -4.47. The van der Waals surface area contributed by atoms with Crippen LogP contribution in [0, 0.1) is 0 Å². The fraction of sp³-hybridized carbons (Fsp3) is 0.318. The van der Waals surface area contributed by atoms with Gasteiger partial charge in [-0.15, -0.1) is 10.2 Å². The van der Waals surface area contributed by atoms with Gasteiger partial charge in [-0.1, -0.05) is 37.7 Å². The molecule has 0 radical (unpaired) electrons. The first-order chi connectivity index (χ1) is 16.9. The van der Waals surface area contributed by atoms with Crippen LogP contribution < -0.4 is 11.2 Å². The van der Waals surface area contributed by atoms with E-state index in [9.17, 15) is 26.4 Å². The van der Waals surface area contributed by atoms with Crippen molar-refractivity contribution in [3.05, 3.63) is 54.1 Å². The number of amides is 1. The molecule has 0 fully saturated rings. The van der Waals surface area contributed by atoms with Crippen molar-refractivity contribution in [3.63, 3.8) is 0 Å². The Labute approximate surface area is 210 Å². The van der Waals surface area contributed by atoms with Crippen LogP contribution in [0.15, 0.2) is 58.6 Å². The molecule has 0 saturated heterocycles. The van der Waals surface area contributed by atoms with Crippen LogP contribution in [-0.4, -0.2) is 51.8 Å². The standard InChI is InChI=1S/C22H25F3N6O3S2/c1-4-30(5-2)36(33,34)18-8-6-7-15(13-18)19-28-29-21(31(19)26)35-14(3)20(32)27-17-11-9-16(10-12-17)22(23,24)25/h6-14H,4-5,26H2,1-3H3,(H,27,32)/t14-/m0/s1. The maximum Gasteiger partial charge on any atom is 0.416 e. The summed E-state index contributed by atoms with van der Waals surface area (Å²) in [4.78, 5) is 12.6. The Hall–Kier alpha value is -3.10. The molecule has 0 aliphatic heterocycles. The zero-order valence-electron chi connectivity index (χ0n) is 19.7. The molecule has 0 unspecified atom stereocenters. The van der Waals surface area contributed by atoms with E-state index in [1.807, 2.05) is 0 Å². The molecule has 3 aromatic rings. The number of halogens is 3. The van der Waals surface area contributed by atoms with Crippen molar-refractivity contribution >= 4 is 33.4 Å². The van der Waals surface area contributed by atoms with E-state index in [1.165, 1.54) is 28.6 Å². The summed E-state index contributed by atoms with van der Waals surface area (Å²) in [6, 6.07) is 10.3.